The van der Waals surface area contributed by atoms with Crippen molar-refractivity contribution in [1.82, 2.24) is 5.32 Å². The fraction of sp³-hybridized carbons (Fsp3) is 1.00. The van der Waals surface area contributed by atoms with Crippen LogP contribution in [0.25, 0.3) is 0 Å². The summed E-state index contributed by atoms with van der Waals surface area (Å²) in [5, 5.41) is 3.26. The molecule has 0 heterocycles. The molecule has 1 N–H and O–H groups in total. The Kier molecular flexibility index (Phi) is 3.57. The minimum absolute atomic E-state index is 0.233. The van der Waals surface area contributed by atoms with E-state index in [1.165, 1.54) is 19.3 Å². The zero-order chi connectivity index (χ0) is 13.6. The molecule has 2 bridgehead atoms. The van der Waals surface area contributed by atoms with Crippen molar-refractivity contribution in [2.45, 2.75) is 60.0 Å². The van der Waals surface area contributed by atoms with E-state index in [-0.39, 0.29) is 5.41 Å². The largest absolute Gasteiger partial charge is 0.377 e. The molecular weight excluding hydrogens is 222 g/mol. The molecule has 2 aliphatic carbocycles. The monoisotopic (exact) mass is 253 g/mol. The van der Waals surface area contributed by atoms with E-state index in [1.807, 2.05) is 7.05 Å². The van der Waals surface area contributed by atoms with E-state index in [0.29, 0.717) is 16.9 Å². The summed E-state index contributed by atoms with van der Waals surface area (Å²) in [4.78, 5) is 0. The lowest BCUT2D eigenvalue weighted by atomic mass is 9.70. The normalized spacial score (nSPS) is 38.3. The molecule has 0 amide bonds. The number of fused-ring (bicyclic) bond motifs is 2. The van der Waals surface area contributed by atoms with E-state index in [1.54, 1.807) is 0 Å². The van der Waals surface area contributed by atoms with Gasteiger partial charge in [0.1, 0.15) is 0 Å². The highest BCUT2D eigenvalue weighted by molar-refractivity contribution is 5.11. The Labute approximate surface area is 113 Å². The summed E-state index contributed by atoms with van der Waals surface area (Å²) in [5.74, 6) is 0.875. The SMILES string of the molecule is CNCC(C)(C)COC1CC2CCC1(C)C2(C)C. The van der Waals surface area contributed by atoms with Crippen molar-refractivity contribution in [3.05, 3.63) is 0 Å². The van der Waals surface area contributed by atoms with E-state index in [0.717, 1.165) is 19.1 Å². The maximum Gasteiger partial charge on any atom is 0.0637 e. The predicted octanol–water partition coefficient (Wildman–Crippen LogP) is 3.46. The Hall–Kier alpha value is -0.0800. The third kappa shape index (κ3) is 2.12. The standard InChI is InChI=1S/C16H31NO/c1-14(2,10-17-6)11-18-13-9-12-7-8-16(13,5)15(12,3)4/h12-13,17H,7-11H2,1-6H3. The molecule has 0 saturated heterocycles. The average Bonchev–Trinajstić information content (AvgIpc) is 2.58. The van der Waals surface area contributed by atoms with Crippen LogP contribution in [-0.2, 0) is 4.74 Å². The first kappa shape index (κ1) is 14.3. The number of rotatable bonds is 5. The predicted molar refractivity (Wildman–Crippen MR) is 76.7 cm³/mol. The maximum absolute atomic E-state index is 6.35. The van der Waals surface area contributed by atoms with Gasteiger partial charge in [-0.2, -0.15) is 0 Å². The lowest BCUT2D eigenvalue weighted by molar-refractivity contribution is -0.0717. The summed E-state index contributed by atoms with van der Waals surface area (Å²) in [7, 11) is 2.02. The Morgan fingerprint density at radius 2 is 1.94 bits per heavy atom. The first-order valence-electron chi connectivity index (χ1n) is 7.49. The van der Waals surface area contributed by atoms with E-state index in [2.05, 4.69) is 39.9 Å². The van der Waals surface area contributed by atoms with Crippen LogP contribution < -0.4 is 5.32 Å². The van der Waals surface area contributed by atoms with Gasteiger partial charge < -0.3 is 10.1 Å². The van der Waals surface area contributed by atoms with E-state index < -0.39 is 0 Å². The molecule has 106 valence electrons. The summed E-state index contributed by atoms with van der Waals surface area (Å²) >= 11 is 0. The van der Waals surface area contributed by atoms with Gasteiger partial charge in [-0.1, -0.05) is 34.6 Å². The summed E-state index contributed by atoms with van der Waals surface area (Å²) in [6, 6.07) is 0. The van der Waals surface area contributed by atoms with Gasteiger partial charge >= 0.3 is 0 Å². The highest BCUT2D eigenvalue weighted by Crippen LogP contribution is 2.66. The van der Waals surface area contributed by atoms with Crippen molar-refractivity contribution >= 4 is 0 Å². The Morgan fingerprint density at radius 3 is 2.39 bits per heavy atom. The van der Waals surface area contributed by atoms with Gasteiger partial charge in [-0.05, 0) is 43.1 Å². The molecule has 3 atom stereocenters. The second-order valence-corrected chi connectivity index (χ2v) is 8.10. The molecule has 2 heteroatoms. The molecule has 2 fully saturated rings. The summed E-state index contributed by atoms with van der Waals surface area (Å²) in [6.45, 7) is 13.8. The van der Waals surface area contributed by atoms with Crippen LogP contribution in [0.3, 0.4) is 0 Å². The van der Waals surface area contributed by atoms with Crippen molar-refractivity contribution in [1.29, 1.82) is 0 Å². The molecule has 3 unspecified atom stereocenters. The quantitative estimate of drug-likeness (QED) is 0.810. The summed E-state index contributed by atoms with van der Waals surface area (Å²) < 4.78 is 6.35. The smallest absolute Gasteiger partial charge is 0.0637 e. The van der Waals surface area contributed by atoms with Gasteiger partial charge in [0.25, 0.3) is 0 Å². The second kappa shape index (κ2) is 4.49. The minimum atomic E-state index is 0.233. The van der Waals surface area contributed by atoms with Gasteiger partial charge in [-0.3, -0.25) is 0 Å². The van der Waals surface area contributed by atoms with Crippen molar-refractivity contribution in [3.8, 4) is 0 Å². The van der Waals surface area contributed by atoms with Gasteiger partial charge in [-0.15, -0.1) is 0 Å². The average molecular weight is 253 g/mol. The van der Waals surface area contributed by atoms with Gasteiger partial charge in [0.05, 0.1) is 12.7 Å². The molecule has 2 nitrogen and oxygen atoms in total. The van der Waals surface area contributed by atoms with Crippen molar-refractivity contribution in [2.24, 2.45) is 22.2 Å². The van der Waals surface area contributed by atoms with Crippen LogP contribution in [0, 0.1) is 22.2 Å². The lowest BCUT2D eigenvalue weighted by Gasteiger charge is -2.40. The summed E-state index contributed by atoms with van der Waals surface area (Å²) in [5.41, 5.74) is 1.09. The van der Waals surface area contributed by atoms with Gasteiger partial charge in [-0.25, -0.2) is 0 Å². The Balaban J connectivity index is 1.97. The van der Waals surface area contributed by atoms with Gasteiger partial charge in [0.2, 0.25) is 0 Å². The van der Waals surface area contributed by atoms with E-state index in [9.17, 15) is 0 Å². The van der Waals surface area contributed by atoms with Crippen LogP contribution in [0.2, 0.25) is 0 Å². The van der Waals surface area contributed by atoms with Crippen LogP contribution in [-0.4, -0.2) is 26.3 Å². The van der Waals surface area contributed by atoms with E-state index >= 15 is 0 Å². The molecule has 2 saturated carbocycles. The maximum atomic E-state index is 6.35. The van der Waals surface area contributed by atoms with Crippen molar-refractivity contribution < 1.29 is 4.74 Å². The van der Waals surface area contributed by atoms with Crippen LogP contribution in [0.15, 0.2) is 0 Å². The van der Waals surface area contributed by atoms with Gasteiger partial charge in [0, 0.05) is 12.0 Å². The molecule has 0 aromatic rings. The first-order valence-corrected chi connectivity index (χ1v) is 7.49. The molecular formula is C16H31NO. The van der Waals surface area contributed by atoms with Crippen LogP contribution in [0.5, 0.6) is 0 Å². The molecule has 0 aliphatic heterocycles. The Morgan fingerprint density at radius 1 is 1.28 bits per heavy atom. The second-order valence-electron chi connectivity index (χ2n) is 8.10. The highest BCUT2D eigenvalue weighted by Gasteiger charge is 2.61. The number of ether oxygens (including phenoxy) is 1. The Bertz CT molecular complexity index is 310. The molecule has 0 aromatic carbocycles. The highest BCUT2D eigenvalue weighted by atomic mass is 16.5. The third-order valence-corrected chi connectivity index (χ3v) is 6.04. The summed E-state index contributed by atoms with van der Waals surface area (Å²) in [6.07, 6.45) is 4.51. The van der Waals surface area contributed by atoms with E-state index in [4.69, 9.17) is 4.74 Å². The number of hydrogen-bond acceptors (Lipinski definition) is 2. The third-order valence-electron chi connectivity index (χ3n) is 6.04. The molecule has 0 radical (unpaired) electrons. The van der Waals surface area contributed by atoms with Crippen molar-refractivity contribution in [3.63, 3.8) is 0 Å². The minimum Gasteiger partial charge on any atom is -0.377 e. The number of nitrogens with one attached hydrogen (secondary N) is 1. The first-order chi connectivity index (χ1) is 8.23. The molecule has 0 spiro atoms. The number of hydrogen-bond donors (Lipinski definition) is 1. The zero-order valence-electron chi connectivity index (χ0n) is 13.1. The van der Waals surface area contributed by atoms with Crippen molar-refractivity contribution in [2.75, 3.05) is 20.2 Å². The topological polar surface area (TPSA) is 21.3 Å². The van der Waals surface area contributed by atoms with Crippen LogP contribution in [0.1, 0.15) is 53.9 Å². The molecule has 2 rings (SSSR count). The molecule has 18 heavy (non-hydrogen) atoms. The lowest BCUT2D eigenvalue weighted by Crippen LogP contribution is -2.40. The fourth-order valence-electron chi connectivity index (χ4n) is 4.24. The molecule has 2 aliphatic rings. The molecule has 0 aromatic heterocycles. The zero-order valence-corrected chi connectivity index (χ0v) is 13.1. The van der Waals surface area contributed by atoms with Gasteiger partial charge in [0.15, 0.2) is 0 Å². The van der Waals surface area contributed by atoms with Crippen LogP contribution in [0.4, 0.5) is 0 Å². The van der Waals surface area contributed by atoms with Crippen LogP contribution >= 0.6 is 0 Å². The fourth-order valence-corrected chi connectivity index (χ4v) is 4.24.